The summed E-state index contributed by atoms with van der Waals surface area (Å²) in [6, 6.07) is 5.93. The van der Waals surface area contributed by atoms with Crippen LogP contribution in [0.3, 0.4) is 0 Å². The predicted octanol–water partition coefficient (Wildman–Crippen LogP) is 1.54. The maximum atomic E-state index is 12.8. The molecule has 1 aromatic heterocycles. The summed E-state index contributed by atoms with van der Waals surface area (Å²) in [6.45, 7) is 2.13. The molecule has 0 amide bonds. The van der Waals surface area contributed by atoms with E-state index in [1.807, 2.05) is 0 Å². The highest BCUT2D eigenvalue weighted by molar-refractivity contribution is 5.52. The predicted molar refractivity (Wildman–Crippen MR) is 61.3 cm³/mol. The summed E-state index contributed by atoms with van der Waals surface area (Å²) in [4.78, 5) is 4.27. The molecule has 1 saturated heterocycles. The Balaban J connectivity index is 1.82. The van der Waals surface area contributed by atoms with Crippen molar-refractivity contribution < 1.29 is 13.7 Å². The van der Waals surface area contributed by atoms with Crippen LogP contribution in [-0.4, -0.2) is 29.8 Å². The number of rotatable bonds is 2. The van der Waals surface area contributed by atoms with Gasteiger partial charge in [-0.2, -0.15) is 4.98 Å². The maximum absolute atomic E-state index is 12.8. The number of hydrogen-bond donors (Lipinski definition) is 1. The van der Waals surface area contributed by atoms with Crippen LogP contribution in [0.2, 0.25) is 0 Å². The molecule has 1 aliphatic heterocycles. The second kappa shape index (κ2) is 4.83. The SMILES string of the molecule is Fc1ccc(-c2nc(C3CNCCO3)no2)cc1. The van der Waals surface area contributed by atoms with Gasteiger partial charge in [-0.1, -0.05) is 5.16 Å². The van der Waals surface area contributed by atoms with Crippen molar-refractivity contribution in [2.45, 2.75) is 6.10 Å². The molecule has 0 saturated carbocycles. The first-order valence-electron chi connectivity index (χ1n) is 5.75. The molecule has 0 radical (unpaired) electrons. The molecule has 0 aliphatic carbocycles. The van der Waals surface area contributed by atoms with Gasteiger partial charge in [0.25, 0.3) is 5.89 Å². The first-order chi connectivity index (χ1) is 8.83. The Morgan fingerprint density at radius 2 is 2.11 bits per heavy atom. The van der Waals surface area contributed by atoms with Crippen molar-refractivity contribution in [3.8, 4) is 11.5 Å². The highest BCUT2D eigenvalue weighted by atomic mass is 19.1. The number of nitrogens with one attached hydrogen (secondary N) is 1. The molecule has 1 atom stereocenters. The number of benzene rings is 1. The van der Waals surface area contributed by atoms with Crippen LogP contribution in [0.4, 0.5) is 4.39 Å². The van der Waals surface area contributed by atoms with E-state index in [0.29, 0.717) is 30.4 Å². The molecular formula is C12H12FN3O2. The van der Waals surface area contributed by atoms with Gasteiger partial charge in [0, 0.05) is 18.7 Å². The first kappa shape index (κ1) is 11.3. The first-order valence-corrected chi connectivity index (χ1v) is 5.75. The standard InChI is InChI=1S/C12H12FN3O2/c13-9-3-1-8(2-4-9)12-15-11(16-18-12)10-7-14-5-6-17-10/h1-4,10,14H,5-7H2. The molecule has 1 N–H and O–H groups in total. The van der Waals surface area contributed by atoms with Gasteiger partial charge < -0.3 is 14.6 Å². The molecule has 1 aromatic carbocycles. The molecule has 6 heteroatoms. The zero-order valence-electron chi connectivity index (χ0n) is 9.60. The van der Waals surface area contributed by atoms with Gasteiger partial charge in [0.05, 0.1) is 6.61 Å². The van der Waals surface area contributed by atoms with Gasteiger partial charge in [0.15, 0.2) is 0 Å². The van der Waals surface area contributed by atoms with Crippen LogP contribution in [-0.2, 0) is 4.74 Å². The fourth-order valence-electron chi connectivity index (χ4n) is 1.81. The number of morpholine rings is 1. The molecule has 2 heterocycles. The van der Waals surface area contributed by atoms with Gasteiger partial charge in [-0.05, 0) is 24.3 Å². The van der Waals surface area contributed by atoms with E-state index >= 15 is 0 Å². The van der Waals surface area contributed by atoms with Crippen LogP contribution >= 0.6 is 0 Å². The molecule has 18 heavy (non-hydrogen) atoms. The lowest BCUT2D eigenvalue weighted by molar-refractivity contribution is 0.0208. The number of halogens is 1. The zero-order chi connectivity index (χ0) is 12.4. The molecule has 1 aliphatic rings. The molecule has 94 valence electrons. The highest BCUT2D eigenvalue weighted by Crippen LogP contribution is 2.21. The summed E-state index contributed by atoms with van der Waals surface area (Å²) >= 11 is 0. The van der Waals surface area contributed by atoms with Crippen molar-refractivity contribution in [3.05, 3.63) is 35.9 Å². The van der Waals surface area contributed by atoms with Crippen LogP contribution in [0.15, 0.2) is 28.8 Å². The Kier molecular flexibility index (Phi) is 3.04. The summed E-state index contributed by atoms with van der Waals surface area (Å²) in [6.07, 6.45) is -0.184. The van der Waals surface area contributed by atoms with Gasteiger partial charge in [-0.3, -0.25) is 0 Å². The Morgan fingerprint density at radius 3 is 2.83 bits per heavy atom. The molecule has 1 unspecified atom stereocenters. The van der Waals surface area contributed by atoms with Crippen molar-refractivity contribution in [1.29, 1.82) is 0 Å². The third kappa shape index (κ3) is 2.25. The number of ether oxygens (including phenoxy) is 1. The van der Waals surface area contributed by atoms with E-state index in [0.717, 1.165) is 6.54 Å². The van der Waals surface area contributed by atoms with E-state index < -0.39 is 0 Å². The van der Waals surface area contributed by atoms with Gasteiger partial charge in [-0.15, -0.1) is 0 Å². The lowest BCUT2D eigenvalue weighted by Crippen LogP contribution is -2.33. The van der Waals surface area contributed by atoms with Gasteiger partial charge in [0.2, 0.25) is 5.82 Å². The van der Waals surface area contributed by atoms with E-state index in [1.54, 1.807) is 12.1 Å². The highest BCUT2D eigenvalue weighted by Gasteiger charge is 2.21. The normalized spacial score (nSPS) is 19.9. The molecule has 2 aromatic rings. The quantitative estimate of drug-likeness (QED) is 0.874. The Hall–Kier alpha value is -1.79. The third-order valence-corrected chi connectivity index (χ3v) is 2.75. The average molecular weight is 249 g/mol. The second-order valence-corrected chi connectivity index (χ2v) is 4.03. The summed E-state index contributed by atoms with van der Waals surface area (Å²) in [5, 5.41) is 7.09. The van der Waals surface area contributed by atoms with E-state index in [4.69, 9.17) is 9.26 Å². The summed E-state index contributed by atoms with van der Waals surface area (Å²) in [5.41, 5.74) is 0.693. The van der Waals surface area contributed by atoms with Gasteiger partial charge >= 0.3 is 0 Å². The summed E-state index contributed by atoms with van der Waals surface area (Å²) in [5.74, 6) is 0.596. The lowest BCUT2D eigenvalue weighted by Gasteiger charge is -2.20. The van der Waals surface area contributed by atoms with Crippen LogP contribution in [0.1, 0.15) is 11.9 Å². The van der Waals surface area contributed by atoms with Gasteiger partial charge in [0.1, 0.15) is 11.9 Å². The van der Waals surface area contributed by atoms with Crippen molar-refractivity contribution in [2.75, 3.05) is 19.7 Å². The van der Waals surface area contributed by atoms with Crippen LogP contribution in [0.25, 0.3) is 11.5 Å². The monoisotopic (exact) mass is 249 g/mol. The zero-order valence-corrected chi connectivity index (χ0v) is 9.60. The number of hydrogen-bond acceptors (Lipinski definition) is 5. The van der Waals surface area contributed by atoms with Crippen LogP contribution < -0.4 is 5.32 Å². The van der Waals surface area contributed by atoms with Crippen LogP contribution in [0.5, 0.6) is 0 Å². The fourth-order valence-corrected chi connectivity index (χ4v) is 1.81. The van der Waals surface area contributed by atoms with Crippen molar-refractivity contribution >= 4 is 0 Å². The molecule has 3 rings (SSSR count). The van der Waals surface area contributed by atoms with E-state index in [-0.39, 0.29) is 11.9 Å². The summed E-state index contributed by atoms with van der Waals surface area (Å²) in [7, 11) is 0. The van der Waals surface area contributed by atoms with Gasteiger partial charge in [-0.25, -0.2) is 4.39 Å². The minimum Gasteiger partial charge on any atom is -0.367 e. The molecule has 5 nitrogen and oxygen atoms in total. The minimum atomic E-state index is -0.293. The second-order valence-electron chi connectivity index (χ2n) is 4.03. The third-order valence-electron chi connectivity index (χ3n) is 2.75. The van der Waals surface area contributed by atoms with Crippen molar-refractivity contribution in [3.63, 3.8) is 0 Å². The van der Waals surface area contributed by atoms with Crippen molar-refractivity contribution in [2.24, 2.45) is 0 Å². The van der Waals surface area contributed by atoms with E-state index in [2.05, 4.69) is 15.5 Å². The number of aromatic nitrogens is 2. The minimum absolute atomic E-state index is 0.184. The molecule has 0 spiro atoms. The molecule has 1 fully saturated rings. The average Bonchev–Trinajstić information content (AvgIpc) is 2.90. The largest absolute Gasteiger partial charge is 0.367 e. The summed E-state index contributed by atoms with van der Waals surface area (Å²) < 4.78 is 23.5. The van der Waals surface area contributed by atoms with Crippen LogP contribution in [0, 0.1) is 5.82 Å². The number of nitrogens with zero attached hydrogens (tertiary/aromatic N) is 2. The van der Waals surface area contributed by atoms with Crippen molar-refractivity contribution in [1.82, 2.24) is 15.5 Å². The molecular weight excluding hydrogens is 237 g/mol. The molecule has 0 bridgehead atoms. The smallest absolute Gasteiger partial charge is 0.258 e. The van der Waals surface area contributed by atoms with E-state index in [9.17, 15) is 4.39 Å². The fraction of sp³-hybridized carbons (Fsp3) is 0.333. The Morgan fingerprint density at radius 1 is 1.28 bits per heavy atom. The van der Waals surface area contributed by atoms with E-state index in [1.165, 1.54) is 12.1 Å². The topological polar surface area (TPSA) is 60.2 Å². The Bertz CT molecular complexity index is 520. The Labute approximate surface area is 103 Å². The maximum Gasteiger partial charge on any atom is 0.258 e. The lowest BCUT2D eigenvalue weighted by atomic mass is 10.2.